The molecule has 0 saturated carbocycles. The Balaban J connectivity index is 2.71. The minimum Gasteiger partial charge on any atom is -0.399 e. The number of hydrogen-bond donors (Lipinski definition) is 0. The number of hydrogen-bond acceptors (Lipinski definition) is 3. The molecule has 0 N–H and O–H groups in total. The molecule has 64 valence electrons. The SMILES string of the molecule is CCC1=C(SC)OC(F)(F)O1. The van der Waals surface area contributed by atoms with Crippen molar-refractivity contribution in [1.29, 1.82) is 0 Å². The van der Waals surface area contributed by atoms with Gasteiger partial charge in [0.05, 0.1) is 0 Å². The van der Waals surface area contributed by atoms with Crippen LogP contribution in [0.15, 0.2) is 10.9 Å². The van der Waals surface area contributed by atoms with Crippen molar-refractivity contribution in [2.45, 2.75) is 19.6 Å². The summed E-state index contributed by atoms with van der Waals surface area (Å²) in [5, 5.41) is 0.178. The molecule has 0 atom stereocenters. The van der Waals surface area contributed by atoms with Crippen LogP contribution in [0.25, 0.3) is 0 Å². The fraction of sp³-hybridized carbons (Fsp3) is 0.667. The molecule has 0 aliphatic carbocycles. The Hall–Kier alpha value is -0.450. The van der Waals surface area contributed by atoms with Gasteiger partial charge in [0, 0.05) is 6.42 Å². The summed E-state index contributed by atoms with van der Waals surface area (Å²) in [7, 11) is 0. The van der Waals surface area contributed by atoms with E-state index in [2.05, 4.69) is 9.47 Å². The van der Waals surface area contributed by atoms with Crippen LogP contribution in [0.4, 0.5) is 8.78 Å². The normalized spacial score (nSPS) is 21.5. The predicted octanol–water partition coefficient (Wildman–Crippen LogP) is 2.53. The minimum absolute atomic E-state index is 0.178. The van der Waals surface area contributed by atoms with Crippen LogP contribution in [0, 0.1) is 0 Å². The maximum Gasteiger partial charge on any atom is 0.586 e. The van der Waals surface area contributed by atoms with E-state index in [0.29, 0.717) is 6.42 Å². The number of alkyl halides is 2. The maximum absolute atomic E-state index is 12.3. The van der Waals surface area contributed by atoms with E-state index in [4.69, 9.17) is 0 Å². The predicted molar refractivity (Wildman–Crippen MR) is 37.9 cm³/mol. The van der Waals surface area contributed by atoms with Gasteiger partial charge in [0.1, 0.15) is 0 Å². The molecule has 0 unspecified atom stereocenters. The summed E-state index contributed by atoms with van der Waals surface area (Å²) in [6.45, 7) is 1.73. The van der Waals surface area contributed by atoms with E-state index in [0.717, 1.165) is 11.8 Å². The topological polar surface area (TPSA) is 18.5 Å². The van der Waals surface area contributed by atoms with Crippen molar-refractivity contribution in [2.24, 2.45) is 0 Å². The molecule has 1 aliphatic heterocycles. The van der Waals surface area contributed by atoms with Crippen LogP contribution in [-0.4, -0.2) is 12.6 Å². The largest absolute Gasteiger partial charge is 0.586 e. The zero-order chi connectivity index (χ0) is 8.48. The summed E-state index contributed by atoms with van der Waals surface area (Å²) in [6, 6.07) is 0. The average Bonchev–Trinajstić information content (AvgIpc) is 2.25. The monoisotopic (exact) mass is 182 g/mol. The molecule has 0 spiro atoms. The lowest BCUT2D eigenvalue weighted by Gasteiger charge is -2.06. The molecule has 1 rings (SSSR count). The molecule has 0 fully saturated rings. The lowest BCUT2D eigenvalue weighted by Crippen LogP contribution is -2.16. The highest BCUT2D eigenvalue weighted by molar-refractivity contribution is 8.02. The third kappa shape index (κ3) is 1.77. The van der Waals surface area contributed by atoms with Gasteiger partial charge >= 0.3 is 6.29 Å². The molecule has 0 saturated heterocycles. The van der Waals surface area contributed by atoms with E-state index in [1.807, 2.05) is 0 Å². The first-order valence-electron chi connectivity index (χ1n) is 3.12. The van der Waals surface area contributed by atoms with Crippen molar-refractivity contribution < 1.29 is 18.3 Å². The van der Waals surface area contributed by atoms with Gasteiger partial charge in [-0.25, -0.2) is 0 Å². The van der Waals surface area contributed by atoms with Crippen molar-refractivity contribution >= 4 is 11.8 Å². The van der Waals surface area contributed by atoms with Crippen molar-refractivity contribution in [1.82, 2.24) is 0 Å². The summed E-state index contributed by atoms with van der Waals surface area (Å²) in [6.07, 6.45) is -1.37. The molecular weight excluding hydrogens is 174 g/mol. The molecular formula is C6H8F2O2S. The summed E-state index contributed by atoms with van der Waals surface area (Å²) < 4.78 is 33.0. The maximum atomic E-state index is 12.3. The van der Waals surface area contributed by atoms with Gasteiger partial charge in [-0.1, -0.05) is 18.7 Å². The first-order chi connectivity index (χ1) is 5.09. The second-order valence-electron chi connectivity index (χ2n) is 1.94. The van der Waals surface area contributed by atoms with Gasteiger partial charge in [0.15, 0.2) is 5.76 Å². The van der Waals surface area contributed by atoms with Crippen molar-refractivity contribution in [3.05, 3.63) is 10.9 Å². The van der Waals surface area contributed by atoms with Gasteiger partial charge < -0.3 is 9.47 Å². The highest BCUT2D eigenvalue weighted by Crippen LogP contribution is 2.38. The van der Waals surface area contributed by atoms with E-state index >= 15 is 0 Å². The average molecular weight is 182 g/mol. The summed E-state index contributed by atoms with van der Waals surface area (Å²) in [5.74, 6) is 0.225. The standard InChI is InChI=1S/C6H8F2O2S/c1-3-4-5(11-2)10-6(7,8)9-4/h3H2,1-2H3. The molecule has 11 heavy (non-hydrogen) atoms. The van der Waals surface area contributed by atoms with Crippen LogP contribution in [0.3, 0.4) is 0 Å². The molecule has 0 aromatic carbocycles. The van der Waals surface area contributed by atoms with Gasteiger partial charge in [0.25, 0.3) is 0 Å². The first kappa shape index (κ1) is 8.64. The van der Waals surface area contributed by atoms with Crippen molar-refractivity contribution in [2.75, 3.05) is 6.26 Å². The lowest BCUT2D eigenvalue weighted by atomic mass is 10.4. The Bertz CT molecular complexity index is 173. The molecule has 1 aliphatic rings. The van der Waals surface area contributed by atoms with E-state index in [-0.39, 0.29) is 10.9 Å². The highest BCUT2D eigenvalue weighted by atomic mass is 32.2. The van der Waals surface area contributed by atoms with E-state index in [1.54, 1.807) is 13.2 Å². The van der Waals surface area contributed by atoms with Gasteiger partial charge in [-0.2, -0.15) is 0 Å². The van der Waals surface area contributed by atoms with Gasteiger partial charge in [-0.15, -0.1) is 8.78 Å². The molecule has 1 heterocycles. The molecule has 0 aromatic heterocycles. The zero-order valence-electron chi connectivity index (χ0n) is 6.19. The molecule has 5 heteroatoms. The number of rotatable bonds is 2. The van der Waals surface area contributed by atoms with E-state index in [9.17, 15) is 8.78 Å². The molecule has 0 bridgehead atoms. The van der Waals surface area contributed by atoms with Crippen LogP contribution in [0.5, 0.6) is 0 Å². The Labute approximate surface area is 67.5 Å². The Kier molecular flexibility index (Phi) is 2.27. The molecule has 0 aromatic rings. The van der Waals surface area contributed by atoms with Crippen LogP contribution in [-0.2, 0) is 9.47 Å². The fourth-order valence-corrected chi connectivity index (χ4v) is 1.34. The summed E-state index contributed by atoms with van der Waals surface area (Å²) in [5.41, 5.74) is 0. The smallest absolute Gasteiger partial charge is 0.399 e. The first-order valence-corrected chi connectivity index (χ1v) is 4.34. The minimum atomic E-state index is -3.45. The molecule has 0 radical (unpaired) electrons. The molecule has 0 amide bonds. The van der Waals surface area contributed by atoms with Crippen LogP contribution < -0.4 is 0 Å². The molecule has 2 nitrogen and oxygen atoms in total. The second-order valence-corrected chi connectivity index (χ2v) is 2.71. The number of allylic oxidation sites excluding steroid dienone is 1. The second kappa shape index (κ2) is 2.89. The third-order valence-corrected chi connectivity index (χ3v) is 1.87. The van der Waals surface area contributed by atoms with Crippen molar-refractivity contribution in [3.8, 4) is 0 Å². The Morgan fingerprint density at radius 3 is 2.45 bits per heavy atom. The van der Waals surface area contributed by atoms with E-state index < -0.39 is 6.29 Å². The zero-order valence-corrected chi connectivity index (χ0v) is 7.00. The highest BCUT2D eigenvalue weighted by Gasteiger charge is 2.44. The van der Waals surface area contributed by atoms with Gasteiger partial charge in [0.2, 0.25) is 5.09 Å². The van der Waals surface area contributed by atoms with Gasteiger partial charge in [-0.05, 0) is 6.26 Å². The van der Waals surface area contributed by atoms with Gasteiger partial charge in [-0.3, -0.25) is 0 Å². The van der Waals surface area contributed by atoms with Crippen LogP contribution >= 0.6 is 11.8 Å². The van der Waals surface area contributed by atoms with Crippen molar-refractivity contribution in [3.63, 3.8) is 0 Å². The van der Waals surface area contributed by atoms with Crippen LogP contribution in [0.2, 0.25) is 0 Å². The lowest BCUT2D eigenvalue weighted by molar-refractivity contribution is -0.335. The van der Waals surface area contributed by atoms with E-state index in [1.165, 1.54) is 0 Å². The number of thioether (sulfide) groups is 1. The van der Waals surface area contributed by atoms with Crippen LogP contribution in [0.1, 0.15) is 13.3 Å². The Morgan fingerprint density at radius 1 is 1.45 bits per heavy atom. The number of ether oxygens (including phenoxy) is 2. The quantitative estimate of drug-likeness (QED) is 0.653. The fourth-order valence-electron chi connectivity index (χ4n) is 0.743. The third-order valence-electron chi connectivity index (χ3n) is 1.19. The Morgan fingerprint density at radius 2 is 2.09 bits per heavy atom. The summed E-state index contributed by atoms with van der Waals surface area (Å²) >= 11 is 1.12. The summed E-state index contributed by atoms with van der Waals surface area (Å²) in [4.78, 5) is 0. The number of halogens is 2.